The van der Waals surface area contributed by atoms with Gasteiger partial charge in [0.1, 0.15) is 5.82 Å². The summed E-state index contributed by atoms with van der Waals surface area (Å²) in [5.74, 6) is -0.0958. The average Bonchev–Trinajstić information content (AvgIpc) is 3.02. The molecule has 1 saturated heterocycles. The van der Waals surface area contributed by atoms with Crippen LogP contribution in [0, 0.1) is 5.82 Å². The van der Waals surface area contributed by atoms with Gasteiger partial charge in [0, 0.05) is 30.9 Å². The molecule has 0 spiro atoms. The Bertz CT molecular complexity index is 731. The lowest BCUT2D eigenvalue weighted by molar-refractivity contribution is -0.117. The van der Waals surface area contributed by atoms with E-state index >= 15 is 0 Å². The average molecular weight is 343 g/mol. The van der Waals surface area contributed by atoms with E-state index < -0.39 is 0 Å². The van der Waals surface area contributed by atoms with E-state index in [1.165, 1.54) is 12.1 Å². The maximum absolute atomic E-state index is 12.9. The second-order valence-corrected chi connectivity index (χ2v) is 6.04. The molecule has 6 heteroatoms. The van der Waals surface area contributed by atoms with Crippen LogP contribution in [0.5, 0.6) is 0 Å². The highest BCUT2D eigenvalue weighted by Crippen LogP contribution is 2.21. The third-order valence-corrected chi connectivity index (χ3v) is 4.12. The van der Waals surface area contributed by atoms with Crippen molar-refractivity contribution in [2.24, 2.45) is 0 Å². The fraction of sp³-hybridized carbons (Fsp3) is 0.222. The Morgan fingerprint density at radius 2 is 1.83 bits per heavy atom. The first-order valence-corrected chi connectivity index (χ1v) is 8.22. The van der Waals surface area contributed by atoms with Gasteiger partial charge < -0.3 is 15.5 Å². The van der Waals surface area contributed by atoms with Crippen LogP contribution >= 0.6 is 12.2 Å². The molecule has 4 nitrogen and oxygen atoms in total. The maximum atomic E-state index is 12.9. The smallest absolute Gasteiger partial charge is 0.227 e. The Balaban J connectivity index is 1.51. The molecule has 2 aromatic rings. The number of halogens is 1. The van der Waals surface area contributed by atoms with Gasteiger partial charge in [-0.05, 0) is 60.6 Å². The lowest BCUT2D eigenvalue weighted by Gasteiger charge is -2.16. The molecule has 2 N–H and O–H groups in total. The van der Waals surface area contributed by atoms with E-state index in [1.54, 1.807) is 12.1 Å². The third kappa shape index (κ3) is 4.08. The Kier molecular flexibility index (Phi) is 5.05. The van der Waals surface area contributed by atoms with Crippen molar-refractivity contribution in [1.29, 1.82) is 0 Å². The van der Waals surface area contributed by atoms with Gasteiger partial charge in [0.25, 0.3) is 0 Å². The first-order chi connectivity index (χ1) is 11.6. The molecule has 2 aromatic carbocycles. The molecule has 0 aromatic heterocycles. The van der Waals surface area contributed by atoms with Crippen LogP contribution < -0.4 is 15.5 Å². The quantitative estimate of drug-likeness (QED) is 0.835. The number of nitrogens with zero attached hydrogens (tertiary/aromatic N) is 1. The summed E-state index contributed by atoms with van der Waals surface area (Å²) in [6.45, 7) is 1.36. The number of thiocarbonyl (C=S) groups is 1. The van der Waals surface area contributed by atoms with Gasteiger partial charge in [-0.1, -0.05) is 12.1 Å². The van der Waals surface area contributed by atoms with E-state index in [1.807, 2.05) is 29.2 Å². The monoisotopic (exact) mass is 343 g/mol. The number of carbonyl (C=O) groups is 1. The minimum absolute atomic E-state index is 0.186. The van der Waals surface area contributed by atoms with Crippen molar-refractivity contribution in [2.45, 2.75) is 19.4 Å². The number of hydrogen-bond donors (Lipinski definition) is 2. The molecule has 24 heavy (non-hydrogen) atoms. The minimum Gasteiger partial charge on any atom is -0.358 e. The standard InChI is InChI=1S/C18H18FN3OS/c19-14-5-7-15(8-6-14)21-18(24)20-12-13-3-9-16(10-4-13)22-11-1-2-17(22)23/h3-10H,1-2,11-12H2,(H2,20,21,24). The Morgan fingerprint density at radius 3 is 2.46 bits per heavy atom. The second kappa shape index (κ2) is 7.40. The number of nitrogens with one attached hydrogen (secondary N) is 2. The van der Waals surface area contributed by atoms with Crippen molar-refractivity contribution in [3.63, 3.8) is 0 Å². The Morgan fingerprint density at radius 1 is 1.12 bits per heavy atom. The number of carbonyl (C=O) groups excluding carboxylic acids is 1. The van der Waals surface area contributed by atoms with Gasteiger partial charge in [-0.2, -0.15) is 0 Å². The van der Waals surface area contributed by atoms with Gasteiger partial charge in [-0.25, -0.2) is 4.39 Å². The zero-order chi connectivity index (χ0) is 16.9. The molecule has 124 valence electrons. The molecule has 1 heterocycles. The predicted molar refractivity (Wildman–Crippen MR) is 97.5 cm³/mol. The highest BCUT2D eigenvalue weighted by molar-refractivity contribution is 7.80. The van der Waals surface area contributed by atoms with Crippen LogP contribution in [0.25, 0.3) is 0 Å². The number of rotatable bonds is 4. The summed E-state index contributed by atoms with van der Waals surface area (Å²) >= 11 is 5.23. The fourth-order valence-electron chi connectivity index (χ4n) is 2.61. The highest BCUT2D eigenvalue weighted by Gasteiger charge is 2.21. The van der Waals surface area contributed by atoms with Crippen LogP contribution in [0.3, 0.4) is 0 Å². The van der Waals surface area contributed by atoms with Gasteiger partial charge in [0.2, 0.25) is 5.91 Å². The second-order valence-electron chi connectivity index (χ2n) is 5.63. The van der Waals surface area contributed by atoms with Crippen LogP contribution in [-0.4, -0.2) is 17.6 Å². The predicted octanol–water partition coefficient (Wildman–Crippen LogP) is 3.44. The molecule has 0 aliphatic carbocycles. The largest absolute Gasteiger partial charge is 0.358 e. The molecule has 0 atom stereocenters. The van der Waals surface area contributed by atoms with Gasteiger partial charge in [0.05, 0.1) is 0 Å². The first-order valence-electron chi connectivity index (χ1n) is 7.81. The van der Waals surface area contributed by atoms with Gasteiger partial charge >= 0.3 is 0 Å². The minimum atomic E-state index is -0.281. The molecule has 1 aliphatic rings. The number of benzene rings is 2. The molecule has 0 radical (unpaired) electrons. The van der Waals surface area contributed by atoms with E-state index in [4.69, 9.17) is 12.2 Å². The van der Waals surface area contributed by atoms with Crippen molar-refractivity contribution >= 4 is 34.6 Å². The molecule has 3 rings (SSSR count). The number of hydrogen-bond acceptors (Lipinski definition) is 2. The molecular formula is C18H18FN3OS. The molecule has 0 unspecified atom stereocenters. The number of anilines is 2. The van der Waals surface area contributed by atoms with Crippen LogP contribution in [0.2, 0.25) is 0 Å². The molecule has 1 amide bonds. The molecule has 1 fully saturated rings. The van der Waals surface area contributed by atoms with Gasteiger partial charge in [-0.3, -0.25) is 4.79 Å². The lowest BCUT2D eigenvalue weighted by Crippen LogP contribution is -2.28. The first kappa shape index (κ1) is 16.4. The van der Waals surface area contributed by atoms with E-state index in [0.29, 0.717) is 18.1 Å². The van der Waals surface area contributed by atoms with Gasteiger partial charge in [0.15, 0.2) is 5.11 Å². The van der Waals surface area contributed by atoms with Crippen molar-refractivity contribution in [1.82, 2.24) is 5.32 Å². The fourth-order valence-corrected chi connectivity index (χ4v) is 2.80. The van der Waals surface area contributed by atoms with Crippen molar-refractivity contribution in [3.8, 4) is 0 Å². The van der Waals surface area contributed by atoms with Crippen molar-refractivity contribution in [2.75, 3.05) is 16.8 Å². The number of amides is 1. The summed E-state index contributed by atoms with van der Waals surface area (Å²) < 4.78 is 12.9. The van der Waals surface area contributed by atoms with E-state index in [0.717, 1.165) is 29.9 Å². The summed E-state index contributed by atoms with van der Waals surface area (Å²) in [4.78, 5) is 13.6. The zero-order valence-electron chi connectivity index (χ0n) is 13.1. The van der Waals surface area contributed by atoms with E-state index in [-0.39, 0.29) is 11.7 Å². The van der Waals surface area contributed by atoms with Crippen LogP contribution in [0.1, 0.15) is 18.4 Å². The third-order valence-electron chi connectivity index (χ3n) is 3.88. The van der Waals surface area contributed by atoms with Crippen LogP contribution in [0.4, 0.5) is 15.8 Å². The summed E-state index contributed by atoms with van der Waals surface area (Å²) in [5, 5.41) is 6.58. The van der Waals surface area contributed by atoms with E-state index in [9.17, 15) is 9.18 Å². The summed E-state index contributed by atoms with van der Waals surface area (Å²) in [6.07, 6.45) is 1.55. The summed E-state index contributed by atoms with van der Waals surface area (Å²) in [6, 6.07) is 13.9. The zero-order valence-corrected chi connectivity index (χ0v) is 13.9. The highest BCUT2D eigenvalue weighted by atomic mass is 32.1. The molecule has 1 aliphatic heterocycles. The summed E-state index contributed by atoms with van der Waals surface area (Å²) in [5.41, 5.74) is 2.73. The van der Waals surface area contributed by atoms with E-state index in [2.05, 4.69) is 10.6 Å². The SMILES string of the molecule is O=C1CCCN1c1ccc(CNC(=S)Nc2ccc(F)cc2)cc1. The summed E-state index contributed by atoms with van der Waals surface area (Å²) in [7, 11) is 0. The maximum Gasteiger partial charge on any atom is 0.227 e. The Labute approximate surface area is 145 Å². The van der Waals surface area contributed by atoms with Crippen molar-refractivity contribution < 1.29 is 9.18 Å². The Hall–Kier alpha value is -2.47. The van der Waals surface area contributed by atoms with Crippen molar-refractivity contribution in [3.05, 3.63) is 59.9 Å². The van der Waals surface area contributed by atoms with Gasteiger partial charge in [-0.15, -0.1) is 0 Å². The molecule has 0 bridgehead atoms. The normalized spacial score (nSPS) is 13.9. The lowest BCUT2D eigenvalue weighted by atomic mass is 10.2. The van der Waals surface area contributed by atoms with Crippen LogP contribution in [-0.2, 0) is 11.3 Å². The topological polar surface area (TPSA) is 44.4 Å². The molecular weight excluding hydrogens is 325 g/mol. The molecule has 0 saturated carbocycles. The van der Waals surface area contributed by atoms with Crippen LogP contribution in [0.15, 0.2) is 48.5 Å².